The monoisotopic (exact) mass is 336 g/mol. The Balaban J connectivity index is 2.01. The summed E-state index contributed by atoms with van der Waals surface area (Å²) in [5, 5.41) is 3.46. The maximum absolute atomic E-state index is 12.3. The predicted octanol–water partition coefficient (Wildman–Crippen LogP) is 2.46. The molecule has 1 atom stereocenters. The molecule has 1 fully saturated rings. The number of benzene rings is 1. The molecule has 1 aromatic carbocycles. The lowest BCUT2D eigenvalue weighted by molar-refractivity contribution is 0.0195. The van der Waals surface area contributed by atoms with E-state index < -0.39 is 5.60 Å². The summed E-state index contributed by atoms with van der Waals surface area (Å²) in [6.07, 6.45) is 0.516. The highest BCUT2D eigenvalue weighted by Gasteiger charge is 2.27. The number of methoxy groups -OCH3 is 2. The molecule has 2 rings (SSSR count). The van der Waals surface area contributed by atoms with Crippen molar-refractivity contribution in [3.8, 4) is 11.5 Å². The lowest BCUT2D eigenvalue weighted by Gasteiger charge is -2.35. The van der Waals surface area contributed by atoms with Crippen LogP contribution in [0.2, 0.25) is 0 Å². The number of hydrogen-bond acceptors (Lipinski definition) is 5. The van der Waals surface area contributed by atoms with Gasteiger partial charge in [-0.3, -0.25) is 0 Å². The molecule has 1 saturated heterocycles. The van der Waals surface area contributed by atoms with Gasteiger partial charge in [0.25, 0.3) is 0 Å². The second kappa shape index (κ2) is 7.75. The number of hydrogen-bond donors (Lipinski definition) is 1. The minimum absolute atomic E-state index is 0.161. The molecule has 1 unspecified atom stereocenters. The smallest absolute Gasteiger partial charge is 0.410 e. The fraction of sp³-hybridized carbons (Fsp3) is 0.611. The largest absolute Gasteiger partial charge is 0.497 e. The molecule has 0 aromatic heterocycles. The summed E-state index contributed by atoms with van der Waals surface area (Å²) in [6.45, 7) is 7.67. The Hall–Kier alpha value is -1.95. The maximum Gasteiger partial charge on any atom is 0.410 e. The minimum atomic E-state index is -0.476. The van der Waals surface area contributed by atoms with Crippen LogP contribution in [0.4, 0.5) is 4.79 Å². The van der Waals surface area contributed by atoms with Gasteiger partial charge < -0.3 is 24.4 Å². The zero-order chi connectivity index (χ0) is 17.7. The van der Waals surface area contributed by atoms with Crippen molar-refractivity contribution in [3.63, 3.8) is 0 Å². The van der Waals surface area contributed by atoms with Gasteiger partial charge in [-0.25, -0.2) is 4.79 Å². The average Bonchev–Trinajstić information content (AvgIpc) is 2.54. The van der Waals surface area contributed by atoms with Crippen LogP contribution >= 0.6 is 0 Å². The molecule has 0 radical (unpaired) electrons. The van der Waals surface area contributed by atoms with Gasteiger partial charge >= 0.3 is 6.09 Å². The van der Waals surface area contributed by atoms with Crippen molar-refractivity contribution in [2.75, 3.05) is 33.9 Å². The van der Waals surface area contributed by atoms with E-state index in [1.54, 1.807) is 19.1 Å². The van der Waals surface area contributed by atoms with Gasteiger partial charge in [0.2, 0.25) is 0 Å². The van der Waals surface area contributed by atoms with E-state index >= 15 is 0 Å². The molecule has 1 amide bonds. The molecular weight excluding hydrogens is 308 g/mol. The van der Waals surface area contributed by atoms with Gasteiger partial charge in [0.15, 0.2) is 0 Å². The molecule has 24 heavy (non-hydrogen) atoms. The molecule has 0 bridgehead atoms. The van der Waals surface area contributed by atoms with Crippen molar-refractivity contribution in [2.24, 2.45) is 0 Å². The zero-order valence-corrected chi connectivity index (χ0v) is 15.2. The molecule has 1 aromatic rings. The summed E-state index contributed by atoms with van der Waals surface area (Å²) in [5.74, 6) is 1.56. The fourth-order valence-electron chi connectivity index (χ4n) is 2.74. The first-order chi connectivity index (χ1) is 11.3. The van der Waals surface area contributed by atoms with E-state index in [1.165, 1.54) is 0 Å². The number of piperazine rings is 1. The second-order valence-corrected chi connectivity index (χ2v) is 6.96. The van der Waals surface area contributed by atoms with Crippen molar-refractivity contribution in [3.05, 3.63) is 23.8 Å². The average molecular weight is 336 g/mol. The lowest BCUT2D eigenvalue weighted by atomic mass is 10.0. The minimum Gasteiger partial charge on any atom is -0.497 e. The third kappa shape index (κ3) is 5.03. The summed E-state index contributed by atoms with van der Waals surface area (Å²) >= 11 is 0. The first-order valence-corrected chi connectivity index (χ1v) is 8.24. The van der Waals surface area contributed by atoms with Crippen molar-refractivity contribution in [1.29, 1.82) is 0 Å². The van der Waals surface area contributed by atoms with Gasteiger partial charge in [-0.2, -0.15) is 0 Å². The van der Waals surface area contributed by atoms with E-state index in [2.05, 4.69) is 5.32 Å². The van der Waals surface area contributed by atoms with Crippen molar-refractivity contribution in [1.82, 2.24) is 10.2 Å². The van der Waals surface area contributed by atoms with Crippen LogP contribution in [0.1, 0.15) is 26.3 Å². The van der Waals surface area contributed by atoms with Gasteiger partial charge in [0.1, 0.15) is 17.1 Å². The number of nitrogens with zero attached hydrogens (tertiary/aromatic N) is 1. The Kier molecular flexibility index (Phi) is 5.94. The third-order valence-corrected chi connectivity index (χ3v) is 3.87. The summed E-state index contributed by atoms with van der Waals surface area (Å²) in [6, 6.07) is 5.97. The maximum atomic E-state index is 12.3. The summed E-state index contributed by atoms with van der Waals surface area (Å²) in [5.41, 5.74) is 0.609. The Morgan fingerprint density at radius 1 is 1.29 bits per heavy atom. The van der Waals surface area contributed by atoms with E-state index in [1.807, 2.05) is 39.0 Å². The number of rotatable bonds is 4. The molecule has 0 spiro atoms. The molecule has 1 aliphatic heterocycles. The highest BCUT2D eigenvalue weighted by atomic mass is 16.6. The van der Waals surface area contributed by atoms with Crippen molar-refractivity contribution >= 4 is 6.09 Å². The van der Waals surface area contributed by atoms with Crippen LogP contribution in [-0.4, -0.2) is 56.5 Å². The highest BCUT2D eigenvalue weighted by Crippen LogP contribution is 2.26. The van der Waals surface area contributed by atoms with Gasteiger partial charge in [-0.05, 0) is 38.8 Å². The van der Waals surface area contributed by atoms with E-state index in [0.29, 0.717) is 13.1 Å². The van der Waals surface area contributed by atoms with Crippen LogP contribution in [0.25, 0.3) is 0 Å². The number of amides is 1. The predicted molar refractivity (Wildman–Crippen MR) is 92.8 cm³/mol. The van der Waals surface area contributed by atoms with Gasteiger partial charge in [0, 0.05) is 31.7 Å². The first kappa shape index (κ1) is 18.4. The lowest BCUT2D eigenvalue weighted by Crippen LogP contribution is -2.54. The zero-order valence-electron chi connectivity index (χ0n) is 15.2. The molecule has 1 N–H and O–H groups in total. The van der Waals surface area contributed by atoms with E-state index in [9.17, 15) is 4.79 Å². The molecule has 0 aliphatic carbocycles. The van der Waals surface area contributed by atoms with Crippen molar-refractivity contribution in [2.45, 2.75) is 38.8 Å². The van der Waals surface area contributed by atoms with Crippen LogP contribution in [0.3, 0.4) is 0 Å². The Morgan fingerprint density at radius 2 is 2.04 bits per heavy atom. The molecule has 134 valence electrons. The van der Waals surface area contributed by atoms with E-state index in [-0.39, 0.29) is 12.1 Å². The Morgan fingerprint density at radius 3 is 2.67 bits per heavy atom. The number of ether oxygens (including phenoxy) is 3. The fourth-order valence-corrected chi connectivity index (χ4v) is 2.74. The van der Waals surface area contributed by atoms with Crippen LogP contribution < -0.4 is 14.8 Å². The molecule has 1 heterocycles. The van der Waals surface area contributed by atoms with Gasteiger partial charge in [-0.1, -0.05) is 6.07 Å². The normalized spacial score (nSPS) is 18.2. The standard InChI is InChI=1S/C18H28N2O4/c1-18(2,3)24-17(21)20-9-8-19-14(12-20)10-13-6-7-15(22-4)11-16(13)23-5/h6-7,11,14,19H,8-10,12H2,1-5H3. The molecule has 6 nitrogen and oxygen atoms in total. The Labute approximate surface area is 144 Å². The van der Waals surface area contributed by atoms with Gasteiger partial charge in [-0.15, -0.1) is 0 Å². The third-order valence-electron chi connectivity index (χ3n) is 3.87. The van der Waals surface area contributed by atoms with Gasteiger partial charge in [0.05, 0.1) is 14.2 Å². The van der Waals surface area contributed by atoms with Crippen LogP contribution in [0.5, 0.6) is 11.5 Å². The van der Waals surface area contributed by atoms with E-state index in [0.717, 1.165) is 30.0 Å². The highest BCUT2D eigenvalue weighted by molar-refractivity contribution is 5.68. The second-order valence-electron chi connectivity index (χ2n) is 6.96. The summed E-state index contributed by atoms with van der Waals surface area (Å²) in [7, 11) is 3.29. The molecule has 1 aliphatic rings. The molecular formula is C18H28N2O4. The quantitative estimate of drug-likeness (QED) is 0.915. The topological polar surface area (TPSA) is 60.0 Å². The Bertz CT molecular complexity index is 569. The van der Waals surface area contributed by atoms with Crippen LogP contribution in [0, 0.1) is 0 Å². The van der Waals surface area contributed by atoms with Crippen molar-refractivity contribution < 1.29 is 19.0 Å². The van der Waals surface area contributed by atoms with Crippen LogP contribution in [0.15, 0.2) is 18.2 Å². The summed E-state index contributed by atoms with van der Waals surface area (Å²) < 4.78 is 16.2. The SMILES string of the molecule is COc1ccc(CC2CN(C(=O)OC(C)(C)C)CCN2)c(OC)c1. The number of carbonyl (C=O) groups is 1. The molecule has 0 saturated carbocycles. The molecule has 6 heteroatoms. The number of carbonyl (C=O) groups excluding carboxylic acids is 1. The summed E-state index contributed by atoms with van der Waals surface area (Å²) in [4.78, 5) is 14.0. The van der Waals surface area contributed by atoms with Crippen LogP contribution in [-0.2, 0) is 11.2 Å². The van der Waals surface area contributed by atoms with E-state index in [4.69, 9.17) is 14.2 Å². The number of nitrogens with one attached hydrogen (secondary N) is 1. The first-order valence-electron chi connectivity index (χ1n) is 8.24.